The molecule has 4 nitrogen and oxygen atoms in total. The van der Waals surface area contributed by atoms with Crippen molar-refractivity contribution in [3.8, 4) is 5.75 Å². The molecule has 106 valence electrons. The van der Waals surface area contributed by atoms with Gasteiger partial charge >= 0.3 is 0 Å². The number of ether oxygens (including phenoxy) is 1. The van der Waals surface area contributed by atoms with Crippen LogP contribution in [0.5, 0.6) is 5.75 Å². The molecule has 1 rings (SSSR count). The van der Waals surface area contributed by atoms with E-state index in [4.69, 9.17) is 4.74 Å². The van der Waals surface area contributed by atoms with Gasteiger partial charge in [0.1, 0.15) is 5.75 Å². The van der Waals surface area contributed by atoms with Crippen LogP contribution in [0.3, 0.4) is 0 Å². The second-order valence-electron chi connectivity index (χ2n) is 4.62. The molecule has 0 atom stereocenters. The van der Waals surface area contributed by atoms with Gasteiger partial charge in [-0.25, -0.2) is 0 Å². The molecule has 0 spiro atoms. The second-order valence-corrected chi connectivity index (χ2v) is 4.62. The molecule has 0 aliphatic heterocycles. The van der Waals surface area contributed by atoms with Crippen molar-refractivity contribution in [3.63, 3.8) is 0 Å². The Morgan fingerprint density at radius 1 is 1.32 bits per heavy atom. The highest BCUT2D eigenvalue weighted by Gasteiger charge is 2.02. The largest absolute Gasteiger partial charge is 0.496 e. The van der Waals surface area contributed by atoms with Crippen LogP contribution < -0.4 is 15.4 Å². The Hall–Kier alpha value is -1.71. The summed E-state index contributed by atoms with van der Waals surface area (Å²) in [6, 6.07) is 8.45. The van der Waals surface area contributed by atoms with E-state index in [0.29, 0.717) is 6.04 Å². The molecule has 0 bridgehead atoms. The van der Waals surface area contributed by atoms with E-state index in [2.05, 4.69) is 42.5 Å². The average Bonchev–Trinajstić information content (AvgIpc) is 2.39. The van der Waals surface area contributed by atoms with Crippen molar-refractivity contribution in [1.82, 2.24) is 10.6 Å². The van der Waals surface area contributed by atoms with Gasteiger partial charge in [0.15, 0.2) is 5.96 Å². The SMILES string of the molecule is CCNC(=NCCc1ccccc1OC)NC(C)C. The minimum Gasteiger partial charge on any atom is -0.496 e. The van der Waals surface area contributed by atoms with Gasteiger partial charge in [-0.2, -0.15) is 0 Å². The second kappa shape index (κ2) is 8.40. The first-order valence-electron chi connectivity index (χ1n) is 6.84. The molecule has 0 saturated heterocycles. The lowest BCUT2D eigenvalue weighted by atomic mass is 10.1. The van der Waals surface area contributed by atoms with Crippen molar-refractivity contribution >= 4 is 5.96 Å². The minimum atomic E-state index is 0.379. The summed E-state index contributed by atoms with van der Waals surface area (Å²) < 4.78 is 5.34. The van der Waals surface area contributed by atoms with Crippen LogP contribution in [0.15, 0.2) is 29.3 Å². The molecule has 2 N–H and O–H groups in total. The van der Waals surface area contributed by atoms with Crippen LogP contribution in [0.2, 0.25) is 0 Å². The van der Waals surface area contributed by atoms with Crippen LogP contribution in [0.1, 0.15) is 26.3 Å². The first-order valence-corrected chi connectivity index (χ1v) is 6.84. The molecule has 0 aliphatic carbocycles. The lowest BCUT2D eigenvalue weighted by Crippen LogP contribution is -2.41. The molecule has 0 aliphatic rings. The van der Waals surface area contributed by atoms with Gasteiger partial charge in [-0.1, -0.05) is 18.2 Å². The number of aliphatic imine (C=N–C) groups is 1. The van der Waals surface area contributed by atoms with E-state index in [-0.39, 0.29) is 0 Å². The number of methoxy groups -OCH3 is 1. The molecule has 1 aromatic carbocycles. The highest BCUT2D eigenvalue weighted by molar-refractivity contribution is 5.79. The Balaban J connectivity index is 2.58. The average molecular weight is 263 g/mol. The number of nitrogens with one attached hydrogen (secondary N) is 2. The summed E-state index contributed by atoms with van der Waals surface area (Å²) in [4.78, 5) is 4.56. The van der Waals surface area contributed by atoms with Crippen LogP contribution in [-0.4, -0.2) is 32.2 Å². The zero-order chi connectivity index (χ0) is 14.1. The van der Waals surface area contributed by atoms with E-state index in [0.717, 1.165) is 31.2 Å². The molecule has 19 heavy (non-hydrogen) atoms. The number of guanidine groups is 1. The van der Waals surface area contributed by atoms with Crippen molar-refractivity contribution in [2.24, 2.45) is 4.99 Å². The maximum Gasteiger partial charge on any atom is 0.191 e. The third-order valence-electron chi connectivity index (χ3n) is 2.61. The molecule has 4 heteroatoms. The number of para-hydroxylation sites is 1. The zero-order valence-electron chi connectivity index (χ0n) is 12.4. The molecular formula is C15H25N3O. The summed E-state index contributed by atoms with van der Waals surface area (Å²) in [6.45, 7) is 7.88. The Kier molecular flexibility index (Phi) is 6.79. The normalized spacial score (nSPS) is 11.5. The molecule has 0 aromatic heterocycles. The Morgan fingerprint density at radius 3 is 2.68 bits per heavy atom. The summed E-state index contributed by atoms with van der Waals surface area (Å²) in [5, 5.41) is 6.54. The van der Waals surface area contributed by atoms with Gasteiger partial charge in [-0.15, -0.1) is 0 Å². The molecule has 0 amide bonds. The quantitative estimate of drug-likeness (QED) is 0.611. The van der Waals surface area contributed by atoms with Crippen LogP contribution in [-0.2, 0) is 6.42 Å². The predicted octanol–water partition coefficient (Wildman–Crippen LogP) is 2.20. The maximum absolute atomic E-state index is 5.34. The molecule has 0 unspecified atom stereocenters. The Morgan fingerprint density at radius 2 is 2.05 bits per heavy atom. The Labute approximate surface area is 116 Å². The third kappa shape index (κ3) is 5.64. The molecule has 0 radical (unpaired) electrons. The van der Waals surface area contributed by atoms with E-state index in [1.807, 2.05) is 18.2 Å². The van der Waals surface area contributed by atoms with Gasteiger partial charge in [0.25, 0.3) is 0 Å². The molecule has 0 saturated carbocycles. The highest BCUT2D eigenvalue weighted by Crippen LogP contribution is 2.17. The molecule has 1 aromatic rings. The fourth-order valence-corrected chi connectivity index (χ4v) is 1.79. The summed E-state index contributed by atoms with van der Waals surface area (Å²) in [7, 11) is 1.70. The fourth-order valence-electron chi connectivity index (χ4n) is 1.79. The van der Waals surface area contributed by atoms with E-state index >= 15 is 0 Å². The van der Waals surface area contributed by atoms with Crippen LogP contribution in [0.4, 0.5) is 0 Å². The third-order valence-corrected chi connectivity index (χ3v) is 2.61. The van der Waals surface area contributed by atoms with Crippen LogP contribution in [0.25, 0.3) is 0 Å². The highest BCUT2D eigenvalue weighted by atomic mass is 16.5. The summed E-state index contributed by atoms with van der Waals surface area (Å²) in [5.74, 6) is 1.80. The van der Waals surface area contributed by atoms with Crippen molar-refractivity contribution < 1.29 is 4.74 Å². The van der Waals surface area contributed by atoms with Gasteiger partial charge < -0.3 is 15.4 Å². The first kappa shape index (κ1) is 15.3. The summed E-state index contributed by atoms with van der Waals surface area (Å²) >= 11 is 0. The zero-order valence-corrected chi connectivity index (χ0v) is 12.4. The van der Waals surface area contributed by atoms with E-state index in [1.54, 1.807) is 7.11 Å². The number of hydrogen-bond donors (Lipinski definition) is 2. The number of nitrogens with zero attached hydrogens (tertiary/aromatic N) is 1. The maximum atomic E-state index is 5.34. The molecular weight excluding hydrogens is 238 g/mol. The first-order chi connectivity index (χ1) is 9.17. The van der Waals surface area contributed by atoms with Crippen LogP contribution in [0, 0.1) is 0 Å². The fraction of sp³-hybridized carbons (Fsp3) is 0.533. The monoisotopic (exact) mass is 263 g/mol. The van der Waals surface area contributed by atoms with Crippen molar-refractivity contribution in [3.05, 3.63) is 29.8 Å². The van der Waals surface area contributed by atoms with E-state index in [1.165, 1.54) is 5.56 Å². The smallest absolute Gasteiger partial charge is 0.191 e. The van der Waals surface area contributed by atoms with Crippen molar-refractivity contribution in [2.75, 3.05) is 20.2 Å². The Bertz CT molecular complexity index is 402. The summed E-state index contributed by atoms with van der Waals surface area (Å²) in [5.41, 5.74) is 1.19. The minimum absolute atomic E-state index is 0.379. The molecule has 0 fully saturated rings. The van der Waals surface area contributed by atoms with Crippen molar-refractivity contribution in [2.45, 2.75) is 33.2 Å². The van der Waals surface area contributed by atoms with Gasteiger partial charge in [-0.3, -0.25) is 4.99 Å². The lowest BCUT2D eigenvalue weighted by Gasteiger charge is -2.14. The number of benzene rings is 1. The number of rotatable bonds is 6. The van der Waals surface area contributed by atoms with Gasteiger partial charge in [0.05, 0.1) is 7.11 Å². The van der Waals surface area contributed by atoms with Crippen LogP contribution >= 0.6 is 0 Å². The number of hydrogen-bond acceptors (Lipinski definition) is 2. The van der Waals surface area contributed by atoms with E-state index < -0.39 is 0 Å². The predicted molar refractivity (Wildman–Crippen MR) is 80.9 cm³/mol. The van der Waals surface area contributed by atoms with Gasteiger partial charge in [0, 0.05) is 19.1 Å². The standard InChI is InChI=1S/C15H25N3O/c1-5-16-15(18-12(2)3)17-11-10-13-8-6-7-9-14(13)19-4/h6-9,12H,5,10-11H2,1-4H3,(H2,16,17,18). The van der Waals surface area contributed by atoms with E-state index in [9.17, 15) is 0 Å². The summed E-state index contributed by atoms with van der Waals surface area (Å²) in [6.07, 6.45) is 0.874. The van der Waals surface area contributed by atoms with Gasteiger partial charge in [-0.05, 0) is 38.8 Å². The van der Waals surface area contributed by atoms with Crippen molar-refractivity contribution in [1.29, 1.82) is 0 Å². The lowest BCUT2D eigenvalue weighted by molar-refractivity contribution is 0.410. The topological polar surface area (TPSA) is 45.7 Å². The molecule has 0 heterocycles. The van der Waals surface area contributed by atoms with Gasteiger partial charge in [0.2, 0.25) is 0 Å².